The van der Waals surface area contributed by atoms with Crippen molar-refractivity contribution in [1.82, 2.24) is 16.0 Å². The summed E-state index contributed by atoms with van der Waals surface area (Å²) in [6.45, 7) is 3.28. The van der Waals surface area contributed by atoms with Gasteiger partial charge in [-0.3, -0.25) is 14.4 Å². The van der Waals surface area contributed by atoms with Crippen molar-refractivity contribution in [2.45, 2.75) is 32.4 Å². The number of halogens is 1. The van der Waals surface area contributed by atoms with Crippen LogP contribution in [0.5, 0.6) is 0 Å². The topological polar surface area (TPSA) is 121 Å². The average Bonchev–Trinajstić information content (AvgIpc) is 2.55. The van der Waals surface area contributed by atoms with Crippen molar-refractivity contribution < 1.29 is 22.8 Å². The van der Waals surface area contributed by atoms with E-state index >= 15 is 0 Å². The Morgan fingerprint density at radius 1 is 1.07 bits per heavy atom. The standard InChI is InChI=1S/C17H24ClN3O5S/c1-11(2)20-15(22)10-19-17(24)14(8-9-27(3,25)26)21-16(23)12-4-6-13(18)7-5-12/h4-7,11,14H,8-10H2,1-3H3,(H,19,24)(H,20,22)(H,21,23)/t14-/m0/s1. The summed E-state index contributed by atoms with van der Waals surface area (Å²) in [5.41, 5.74) is 0.272. The van der Waals surface area contributed by atoms with E-state index in [4.69, 9.17) is 11.6 Å². The highest BCUT2D eigenvalue weighted by Crippen LogP contribution is 2.10. The summed E-state index contributed by atoms with van der Waals surface area (Å²) < 4.78 is 22.8. The van der Waals surface area contributed by atoms with Gasteiger partial charge < -0.3 is 16.0 Å². The molecule has 0 unspecified atom stereocenters. The first-order valence-electron chi connectivity index (χ1n) is 8.29. The minimum Gasteiger partial charge on any atom is -0.352 e. The molecule has 0 spiro atoms. The summed E-state index contributed by atoms with van der Waals surface area (Å²) in [7, 11) is -3.33. The SMILES string of the molecule is CC(C)NC(=O)CNC(=O)[C@H](CCS(C)(=O)=O)NC(=O)c1ccc(Cl)cc1. The Bertz CT molecular complexity index is 778. The first kappa shape index (κ1) is 22.9. The smallest absolute Gasteiger partial charge is 0.251 e. The number of nitrogens with one attached hydrogen (secondary N) is 3. The maximum Gasteiger partial charge on any atom is 0.251 e. The number of carbonyl (C=O) groups excluding carboxylic acids is 3. The lowest BCUT2D eigenvalue weighted by Crippen LogP contribution is -2.50. The van der Waals surface area contributed by atoms with Crippen molar-refractivity contribution in [1.29, 1.82) is 0 Å². The molecule has 0 aliphatic heterocycles. The van der Waals surface area contributed by atoms with Gasteiger partial charge in [0.05, 0.1) is 12.3 Å². The summed E-state index contributed by atoms with van der Waals surface area (Å²) in [5.74, 6) is -1.86. The van der Waals surface area contributed by atoms with Crippen LogP contribution in [0.2, 0.25) is 5.02 Å². The monoisotopic (exact) mass is 417 g/mol. The van der Waals surface area contributed by atoms with Gasteiger partial charge in [-0.25, -0.2) is 8.42 Å². The van der Waals surface area contributed by atoms with E-state index in [1.807, 2.05) is 0 Å². The summed E-state index contributed by atoms with van der Waals surface area (Å²) in [6.07, 6.45) is 0.925. The molecule has 0 radical (unpaired) electrons. The Morgan fingerprint density at radius 2 is 1.67 bits per heavy atom. The van der Waals surface area contributed by atoms with Gasteiger partial charge in [0.2, 0.25) is 11.8 Å². The third-order valence-electron chi connectivity index (χ3n) is 3.38. The third kappa shape index (κ3) is 9.39. The van der Waals surface area contributed by atoms with Gasteiger partial charge in [0.25, 0.3) is 5.91 Å². The van der Waals surface area contributed by atoms with Crippen molar-refractivity contribution in [3.63, 3.8) is 0 Å². The number of carbonyl (C=O) groups is 3. The molecule has 0 bridgehead atoms. The number of amides is 3. The van der Waals surface area contributed by atoms with Crippen LogP contribution in [0, 0.1) is 0 Å². The van der Waals surface area contributed by atoms with E-state index in [0.717, 1.165) is 6.26 Å². The molecule has 150 valence electrons. The van der Waals surface area contributed by atoms with E-state index in [1.54, 1.807) is 13.8 Å². The molecule has 1 rings (SSSR count). The van der Waals surface area contributed by atoms with Crippen LogP contribution in [0.25, 0.3) is 0 Å². The molecular weight excluding hydrogens is 394 g/mol. The molecule has 0 saturated carbocycles. The average molecular weight is 418 g/mol. The minimum atomic E-state index is -3.33. The highest BCUT2D eigenvalue weighted by Gasteiger charge is 2.23. The van der Waals surface area contributed by atoms with Crippen LogP contribution in [0.4, 0.5) is 0 Å². The van der Waals surface area contributed by atoms with Gasteiger partial charge in [0, 0.05) is 22.9 Å². The van der Waals surface area contributed by atoms with E-state index < -0.39 is 27.7 Å². The molecule has 0 aliphatic carbocycles. The summed E-state index contributed by atoms with van der Waals surface area (Å²) in [4.78, 5) is 36.3. The molecule has 0 aliphatic rings. The van der Waals surface area contributed by atoms with Crippen molar-refractivity contribution in [3.8, 4) is 0 Å². The van der Waals surface area contributed by atoms with Crippen molar-refractivity contribution in [3.05, 3.63) is 34.9 Å². The number of hydrogen-bond donors (Lipinski definition) is 3. The molecule has 3 N–H and O–H groups in total. The van der Waals surface area contributed by atoms with Crippen LogP contribution in [-0.4, -0.2) is 56.8 Å². The van der Waals surface area contributed by atoms with Gasteiger partial charge in [0.15, 0.2) is 0 Å². The van der Waals surface area contributed by atoms with E-state index in [2.05, 4.69) is 16.0 Å². The zero-order valence-electron chi connectivity index (χ0n) is 15.4. The summed E-state index contributed by atoms with van der Waals surface area (Å²) >= 11 is 5.78. The zero-order chi connectivity index (χ0) is 20.6. The maximum atomic E-state index is 12.3. The van der Waals surface area contributed by atoms with Gasteiger partial charge in [-0.15, -0.1) is 0 Å². The fourth-order valence-corrected chi connectivity index (χ4v) is 2.90. The third-order valence-corrected chi connectivity index (χ3v) is 4.61. The van der Waals surface area contributed by atoms with E-state index in [9.17, 15) is 22.8 Å². The number of hydrogen-bond acceptors (Lipinski definition) is 5. The van der Waals surface area contributed by atoms with Gasteiger partial charge >= 0.3 is 0 Å². The van der Waals surface area contributed by atoms with E-state index in [0.29, 0.717) is 5.02 Å². The lowest BCUT2D eigenvalue weighted by molar-refractivity contribution is -0.127. The molecule has 0 heterocycles. The quantitative estimate of drug-likeness (QED) is 0.540. The van der Waals surface area contributed by atoms with Crippen LogP contribution in [0.15, 0.2) is 24.3 Å². The van der Waals surface area contributed by atoms with Crippen molar-refractivity contribution >= 4 is 39.2 Å². The van der Waals surface area contributed by atoms with Gasteiger partial charge in [-0.2, -0.15) is 0 Å². The number of benzene rings is 1. The largest absolute Gasteiger partial charge is 0.352 e. The normalized spacial score (nSPS) is 12.3. The number of rotatable bonds is 9. The molecule has 0 fully saturated rings. The highest BCUT2D eigenvalue weighted by molar-refractivity contribution is 7.90. The molecule has 1 atom stereocenters. The predicted octanol–water partition coefficient (Wildman–Crippen LogP) is 0.514. The first-order chi connectivity index (χ1) is 12.5. The molecule has 10 heteroatoms. The van der Waals surface area contributed by atoms with Gasteiger partial charge in [-0.05, 0) is 44.5 Å². The fraction of sp³-hybridized carbons (Fsp3) is 0.471. The second-order valence-corrected chi connectivity index (χ2v) is 9.09. The van der Waals surface area contributed by atoms with Crippen molar-refractivity contribution in [2.75, 3.05) is 18.6 Å². The van der Waals surface area contributed by atoms with Crippen LogP contribution >= 0.6 is 11.6 Å². The van der Waals surface area contributed by atoms with Crippen LogP contribution in [0.3, 0.4) is 0 Å². The molecule has 1 aromatic rings. The van der Waals surface area contributed by atoms with Crippen LogP contribution in [0.1, 0.15) is 30.6 Å². The molecule has 3 amide bonds. The Hall–Kier alpha value is -2.13. The molecule has 1 aromatic carbocycles. The summed E-state index contributed by atoms with van der Waals surface area (Å²) in [6, 6.07) is 4.84. The fourth-order valence-electron chi connectivity index (χ4n) is 2.11. The van der Waals surface area contributed by atoms with Crippen LogP contribution < -0.4 is 16.0 Å². The highest BCUT2D eigenvalue weighted by atomic mass is 35.5. The lowest BCUT2D eigenvalue weighted by Gasteiger charge is -2.18. The lowest BCUT2D eigenvalue weighted by atomic mass is 10.1. The van der Waals surface area contributed by atoms with E-state index in [-0.39, 0.29) is 36.2 Å². The van der Waals surface area contributed by atoms with Crippen molar-refractivity contribution in [2.24, 2.45) is 0 Å². The molecule has 27 heavy (non-hydrogen) atoms. The molecule has 8 nitrogen and oxygen atoms in total. The van der Waals surface area contributed by atoms with Crippen LogP contribution in [-0.2, 0) is 19.4 Å². The first-order valence-corrected chi connectivity index (χ1v) is 10.7. The van der Waals surface area contributed by atoms with Gasteiger partial charge in [-0.1, -0.05) is 11.6 Å². The second-order valence-electron chi connectivity index (χ2n) is 6.39. The second kappa shape index (κ2) is 10.3. The Labute approximate surface area is 164 Å². The minimum absolute atomic E-state index is 0.0833. The maximum absolute atomic E-state index is 12.3. The van der Waals surface area contributed by atoms with E-state index in [1.165, 1.54) is 24.3 Å². The number of sulfone groups is 1. The Kier molecular flexibility index (Phi) is 8.71. The summed E-state index contributed by atoms with van der Waals surface area (Å²) in [5, 5.41) is 7.98. The zero-order valence-corrected chi connectivity index (χ0v) is 17.0. The predicted molar refractivity (Wildman–Crippen MR) is 103 cm³/mol. The molecule has 0 aromatic heterocycles. The van der Waals surface area contributed by atoms with Gasteiger partial charge in [0.1, 0.15) is 15.9 Å². The molecular formula is C17H24ClN3O5S. The Balaban J connectivity index is 2.79. The molecule has 0 saturated heterocycles. The Morgan fingerprint density at radius 3 is 2.19 bits per heavy atom.